The van der Waals surface area contributed by atoms with Crippen LogP contribution in [0, 0.1) is 6.92 Å². The summed E-state index contributed by atoms with van der Waals surface area (Å²) in [5.74, 6) is 1.51. The Morgan fingerprint density at radius 3 is 2.48 bits per heavy atom. The molecule has 0 aliphatic heterocycles. The molecule has 0 saturated heterocycles. The molecule has 0 spiro atoms. The van der Waals surface area contributed by atoms with Crippen LogP contribution in [0.1, 0.15) is 34.0 Å². The average molecular weight is 368 g/mol. The predicted octanol–water partition coefficient (Wildman–Crippen LogP) is 2.62. The van der Waals surface area contributed by atoms with Gasteiger partial charge in [0.1, 0.15) is 5.75 Å². The number of nitrogens with one attached hydrogen (secondary N) is 3. The number of hydrogen-bond donors (Lipinski definition) is 3. The summed E-state index contributed by atoms with van der Waals surface area (Å²) in [5, 5.41) is 9.20. The number of aliphatic imine (C=N–C) groups is 1. The third kappa shape index (κ3) is 6.02. The molecule has 6 nitrogen and oxygen atoms in total. The van der Waals surface area contributed by atoms with Crippen LogP contribution in [0.5, 0.6) is 5.75 Å². The molecular formula is C21H28N4O2. The Hall–Kier alpha value is -3.02. The molecule has 3 N–H and O–H groups in total. The SMILES string of the molecule is CCNC(=NCc1ccc(C(=O)NC)cc1)NCc1ccc(C)cc1OC. The van der Waals surface area contributed by atoms with Gasteiger partial charge in [0.2, 0.25) is 0 Å². The highest BCUT2D eigenvalue weighted by Crippen LogP contribution is 2.19. The molecule has 6 heteroatoms. The Morgan fingerprint density at radius 2 is 1.85 bits per heavy atom. The number of amides is 1. The van der Waals surface area contributed by atoms with Crippen LogP contribution in [-0.2, 0) is 13.1 Å². The van der Waals surface area contributed by atoms with Crippen LogP contribution < -0.4 is 20.7 Å². The van der Waals surface area contributed by atoms with Gasteiger partial charge in [-0.25, -0.2) is 4.99 Å². The predicted molar refractivity (Wildman–Crippen MR) is 109 cm³/mol. The Morgan fingerprint density at radius 1 is 1.11 bits per heavy atom. The molecule has 2 rings (SSSR count). The van der Waals surface area contributed by atoms with Crippen molar-refractivity contribution in [2.45, 2.75) is 26.9 Å². The molecule has 1 amide bonds. The summed E-state index contributed by atoms with van der Waals surface area (Å²) in [6, 6.07) is 13.6. The van der Waals surface area contributed by atoms with E-state index in [-0.39, 0.29) is 5.91 Å². The molecule has 27 heavy (non-hydrogen) atoms. The number of aryl methyl sites for hydroxylation is 1. The lowest BCUT2D eigenvalue weighted by Crippen LogP contribution is -2.36. The number of carbonyl (C=O) groups is 1. The van der Waals surface area contributed by atoms with Gasteiger partial charge in [0.15, 0.2) is 5.96 Å². The number of carbonyl (C=O) groups excluding carboxylic acids is 1. The third-order valence-corrected chi connectivity index (χ3v) is 4.10. The first-order valence-electron chi connectivity index (χ1n) is 9.04. The van der Waals surface area contributed by atoms with E-state index in [1.807, 2.05) is 32.0 Å². The van der Waals surface area contributed by atoms with Crippen LogP contribution in [0.3, 0.4) is 0 Å². The Kier molecular flexibility index (Phi) is 7.67. The second-order valence-electron chi connectivity index (χ2n) is 6.14. The lowest BCUT2D eigenvalue weighted by molar-refractivity contribution is 0.0963. The topological polar surface area (TPSA) is 74.8 Å². The van der Waals surface area contributed by atoms with E-state index in [1.54, 1.807) is 26.3 Å². The van der Waals surface area contributed by atoms with E-state index in [2.05, 4.69) is 33.1 Å². The normalized spacial score (nSPS) is 11.0. The van der Waals surface area contributed by atoms with Crippen molar-refractivity contribution in [1.82, 2.24) is 16.0 Å². The highest BCUT2D eigenvalue weighted by Gasteiger charge is 2.05. The zero-order valence-electron chi connectivity index (χ0n) is 16.4. The van der Waals surface area contributed by atoms with Crippen molar-refractivity contribution in [2.24, 2.45) is 4.99 Å². The van der Waals surface area contributed by atoms with Crippen molar-refractivity contribution in [3.8, 4) is 5.75 Å². The molecule has 144 valence electrons. The smallest absolute Gasteiger partial charge is 0.251 e. The van der Waals surface area contributed by atoms with Crippen LogP contribution >= 0.6 is 0 Å². The number of nitrogens with zero attached hydrogens (tertiary/aromatic N) is 1. The lowest BCUT2D eigenvalue weighted by atomic mass is 10.1. The molecule has 0 saturated carbocycles. The Balaban J connectivity index is 2.03. The van der Waals surface area contributed by atoms with Gasteiger partial charge in [0.05, 0.1) is 13.7 Å². The van der Waals surface area contributed by atoms with Crippen LogP contribution in [0.25, 0.3) is 0 Å². The minimum Gasteiger partial charge on any atom is -0.496 e. The minimum absolute atomic E-state index is 0.0906. The van der Waals surface area contributed by atoms with Gasteiger partial charge >= 0.3 is 0 Å². The van der Waals surface area contributed by atoms with Gasteiger partial charge in [-0.3, -0.25) is 4.79 Å². The summed E-state index contributed by atoms with van der Waals surface area (Å²) in [5.41, 5.74) is 3.91. The average Bonchev–Trinajstić information content (AvgIpc) is 2.70. The third-order valence-electron chi connectivity index (χ3n) is 4.10. The monoisotopic (exact) mass is 368 g/mol. The molecule has 0 unspecified atom stereocenters. The van der Waals surface area contributed by atoms with Crippen LogP contribution in [0.4, 0.5) is 0 Å². The summed E-state index contributed by atoms with van der Waals surface area (Å²) in [6.07, 6.45) is 0. The maximum atomic E-state index is 11.6. The second-order valence-corrected chi connectivity index (χ2v) is 6.14. The fourth-order valence-corrected chi connectivity index (χ4v) is 2.59. The molecule has 0 aliphatic carbocycles. The number of hydrogen-bond acceptors (Lipinski definition) is 3. The van der Waals surface area contributed by atoms with Crippen molar-refractivity contribution in [1.29, 1.82) is 0 Å². The fourth-order valence-electron chi connectivity index (χ4n) is 2.59. The first kappa shape index (κ1) is 20.3. The molecule has 0 bridgehead atoms. The van der Waals surface area contributed by atoms with Gasteiger partial charge in [0.25, 0.3) is 5.91 Å². The van der Waals surface area contributed by atoms with Crippen molar-refractivity contribution < 1.29 is 9.53 Å². The molecule has 0 aromatic heterocycles. The Bertz CT molecular complexity index is 785. The van der Waals surface area contributed by atoms with Crippen LogP contribution in [0.15, 0.2) is 47.5 Å². The highest BCUT2D eigenvalue weighted by molar-refractivity contribution is 5.93. The van der Waals surface area contributed by atoms with Gasteiger partial charge in [-0.1, -0.05) is 24.3 Å². The summed E-state index contributed by atoms with van der Waals surface area (Å²) in [6.45, 7) is 5.98. The largest absolute Gasteiger partial charge is 0.496 e. The van der Waals surface area contributed by atoms with E-state index in [1.165, 1.54) is 0 Å². The van der Waals surface area contributed by atoms with Crippen LogP contribution in [0.2, 0.25) is 0 Å². The molecule has 0 atom stereocenters. The van der Waals surface area contributed by atoms with Gasteiger partial charge in [-0.15, -0.1) is 0 Å². The van der Waals surface area contributed by atoms with Crippen molar-refractivity contribution in [3.05, 3.63) is 64.7 Å². The number of benzene rings is 2. The molecule has 2 aromatic rings. The molecule has 0 aliphatic rings. The van der Waals surface area contributed by atoms with E-state index in [9.17, 15) is 4.79 Å². The van der Waals surface area contributed by atoms with E-state index >= 15 is 0 Å². The van der Waals surface area contributed by atoms with Crippen molar-refractivity contribution in [2.75, 3.05) is 20.7 Å². The first-order chi connectivity index (χ1) is 13.1. The summed E-state index contributed by atoms with van der Waals surface area (Å²) < 4.78 is 5.45. The van der Waals surface area contributed by atoms with E-state index in [4.69, 9.17) is 4.74 Å². The summed E-state index contributed by atoms with van der Waals surface area (Å²) in [7, 11) is 3.30. The maximum absolute atomic E-state index is 11.6. The number of methoxy groups -OCH3 is 1. The molecule has 2 aromatic carbocycles. The van der Waals surface area contributed by atoms with Gasteiger partial charge in [-0.05, 0) is 43.2 Å². The Labute approximate surface area is 161 Å². The van der Waals surface area contributed by atoms with Crippen molar-refractivity contribution in [3.63, 3.8) is 0 Å². The van der Waals surface area contributed by atoms with Crippen molar-refractivity contribution >= 4 is 11.9 Å². The molecule has 0 radical (unpaired) electrons. The second kappa shape index (κ2) is 10.2. The van der Waals surface area contributed by atoms with Crippen LogP contribution in [-0.4, -0.2) is 32.6 Å². The lowest BCUT2D eigenvalue weighted by Gasteiger charge is -2.14. The standard InChI is InChI=1S/C21H28N4O2/c1-5-23-21(25-14-18-9-6-15(2)12-19(18)27-4)24-13-16-7-10-17(11-8-16)20(26)22-3/h6-12H,5,13-14H2,1-4H3,(H,22,26)(H2,23,24,25). The minimum atomic E-state index is -0.0906. The van der Waals surface area contributed by atoms with Gasteiger partial charge in [0, 0.05) is 31.3 Å². The molecular weight excluding hydrogens is 340 g/mol. The number of rotatable bonds is 7. The van der Waals surface area contributed by atoms with Gasteiger partial charge in [-0.2, -0.15) is 0 Å². The summed E-state index contributed by atoms with van der Waals surface area (Å²) >= 11 is 0. The van der Waals surface area contributed by atoms with E-state index in [0.717, 1.165) is 34.9 Å². The van der Waals surface area contributed by atoms with E-state index in [0.29, 0.717) is 18.7 Å². The fraction of sp³-hybridized carbons (Fsp3) is 0.333. The van der Waals surface area contributed by atoms with Gasteiger partial charge < -0.3 is 20.7 Å². The first-order valence-corrected chi connectivity index (χ1v) is 9.04. The summed E-state index contributed by atoms with van der Waals surface area (Å²) in [4.78, 5) is 16.2. The number of ether oxygens (including phenoxy) is 1. The molecule has 0 heterocycles. The maximum Gasteiger partial charge on any atom is 0.251 e. The van der Waals surface area contributed by atoms with E-state index < -0.39 is 0 Å². The number of guanidine groups is 1. The zero-order chi connectivity index (χ0) is 19.6. The highest BCUT2D eigenvalue weighted by atomic mass is 16.5. The quantitative estimate of drug-likeness (QED) is 0.519. The zero-order valence-corrected chi connectivity index (χ0v) is 16.4. The molecule has 0 fully saturated rings.